The Morgan fingerprint density at radius 1 is 1.32 bits per heavy atom. The van der Waals surface area contributed by atoms with Crippen LogP contribution in [0.2, 0.25) is 0 Å². The van der Waals surface area contributed by atoms with E-state index >= 15 is 0 Å². The molecule has 2 fully saturated rings. The minimum atomic E-state index is -1.22. The van der Waals surface area contributed by atoms with Crippen molar-refractivity contribution in [3.63, 3.8) is 0 Å². The molecule has 0 amide bonds. The number of rotatable bonds is 7. The molecule has 0 aliphatic carbocycles. The molecule has 0 aromatic heterocycles. The normalized spacial score (nSPS) is 34.1. The van der Waals surface area contributed by atoms with Crippen molar-refractivity contribution >= 4 is 17.9 Å². The zero-order valence-corrected chi connectivity index (χ0v) is 13.9. The number of aldehydes is 1. The molecule has 22 heavy (non-hydrogen) atoms. The van der Waals surface area contributed by atoms with E-state index in [1.807, 2.05) is 13.8 Å². The number of likely N-dealkylation sites (tertiary alicyclic amines) is 1. The predicted molar refractivity (Wildman–Crippen MR) is 81.6 cm³/mol. The Bertz CT molecular complexity index is 379. The van der Waals surface area contributed by atoms with Crippen LogP contribution in [-0.2, 0) is 14.3 Å². The van der Waals surface area contributed by atoms with Gasteiger partial charge in [-0.25, -0.2) is 0 Å². The van der Waals surface area contributed by atoms with Crippen molar-refractivity contribution in [2.24, 2.45) is 0 Å². The first-order chi connectivity index (χ1) is 10.3. The van der Waals surface area contributed by atoms with Gasteiger partial charge in [0.05, 0.1) is 24.4 Å². The predicted octanol–water partition coefficient (Wildman–Crippen LogP) is 0.868. The molecule has 6 nitrogen and oxygen atoms in total. The molecule has 0 radical (unpaired) electrons. The third-order valence-electron chi connectivity index (χ3n) is 4.31. The van der Waals surface area contributed by atoms with Gasteiger partial charge in [-0.1, -0.05) is 11.6 Å². The fourth-order valence-corrected chi connectivity index (χ4v) is 3.35. The van der Waals surface area contributed by atoms with E-state index in [-0.39, 0.29) is 18.2 Å². The topological polar surface area (TPSA) is 79.2 Å². The number of carbonyl (C=O) groups is 1. The van der Waals surface area contributed by atoms with Crippen LogP contribution in [0.1, 0.15) is 39.5 Å². The number of alkyl halides is 1. The summed E-state index contributed by atoms with van der Waals surface area (Å²) >= 11 is 5.41. The number of fused-ring (bicyclic) bond motifs is 1. The Kier molecular flexibility index (Phi) is 6.22. The first-order valence-electron chi connectivity index (χ1n) is 7.87. The van der Waals surface area contributed by atoms with Gasteiger partial charge in [0.1, 0.15) is 6.29 Å². The molecule has 2 aliphatic heterocycles. The molecule has 2 heterocycles. The zero-order chi connectivity index (χ0) is 16.3. The minimum absolute atomic E-state index is 0.00135. The molecule has 7 heteroatoms. The van der Waals surface area contributed by atoms with Crippen molar-refractivity contribution in [2.75, 3.05) is 13.1 Å². The van der Waals surface area contributed by atoms with E-state index in [1.54, 1.807) is 0 Å². The highest BCUT2D eigenvalue weighted by molar-refractivity contribution is 6.19. The number of halogens is 1. The van der Waals surface area contributed by atoms with Crippen LogP contribution in [0.4, 0.5) is 0 Å². The molecule has 0 aromatic carbocycles. The lowest BCUT2D eigenvalue weighted by molar-refractivity contribution is -0.145. The number of piperidine rings is 1. The first kappa shape index (κ1) is 18.1. The van der Waals surface area contributed by atoms with Gasteiger partial charge in [-0.2, -0.15) is 0 Å². The molecule has 2 unspecified atom stereocenters. The maximum Gasteiger partial charge on any atom is 0.163 e. The summed E-state index contributed by atoms with van der Waals surface area (Å²) in [6.07, 6.45) is 2.72. The highest BCUT2D eigenvalue weighted by Gasteiger charge is 2.46. The van der Waals surface area contributed by atoms with Crippen molar-refractivity contribution in [2.45, 2.75) is 75.2 Å². The van der Waals surface area contributed by atoms with Gasteiger partial charge >= 0.3 is 0 Å². The van der Waals surface area contributed by atoms with E-state index in [2.05, 4.69) is 4.90 Å². The molecular formula is C15H26ClNO5. The van der Waals surface area contributed by atoms with E-state index in [0.29, 0.717) is 19.4 Å². The molecule has 2 rings (SSSR count). The number of aliphatic hydroxyl groups excluding tert-OH is 2. The lowest BCUT2D eigenvalue weighted by Gasteiger charge is -2.37. The van der Waals surface area contributed by atoms with E-state index in [0.717, 1.165) is 25.7 Å². The quantitative estimate of drug-likeness (QED) is 0.408. The second kappa shape index (κ2) is 7.55. The molecule has 2 aliphatic rings. The SMILES string of the molecule is CC1(C)O[C@H]2CC(C=O)N(CCCC[C@H](O)C(O)Cl)C[C@H]2O1. The van der Waals surface area contributed by atoms with Crippen LogP contribution in [0.5, 0.6) is 0 Å². The Hall–Kier alpha value is -0.240. The second-order valence-electron chi connectivity index (χ2n) is 6.58. The summed E-state index contributed by atoms with van der Waals surface area (Å²) < 4.78 is 11.7. The third kappa shape index (κ3) is 4.63. The summed E-state index contributed by atoms with van der Waals surface area (Å²) in [5, 5.41) is 18.5. The van der Waals surface area contributed by atoms with Crippen LogP contribution in [0.3, 0.4) is 0 Å². The van der Waals surface area contributed by atoms with Crippen molar-refractivity contribution in [3.8, 4) is 0 Å². The fourth-order valence-electron chi connectivity index (χ4n) is 3.22. The van der Waals surface area contributed by atoms with Gasteiger partial charge in [0.25, 0.3) is 0 Å². The van der Waals surface area contributed by atoms with E-state index in [4.69, 9.17) is 26.2 Å². The monoisotopic (exact) mass is 335 g/mol. The van der Waals surface area contributed by atoms with Crippen LogP contribution < -0.4 is 0 Å². The molecule has 2 saturated heterocycles. The first-order valence-corrected chi connectivity index (χ1v) is 8.31. The summed E-state index contributed by atoms with van der Waals surface area (Å²) in [7, 11) is 0. The number of unbranched alkanes of at least 4 members (excludes halogenated alkanes) is 1. The Balaban J connectivity index is 1.79. The Morgan fingerprint density at radius 2 is 2.00 bits per heavy atom. The van der Waals surface area contributed by atoms with Gasteiger partial charge in [-0.15, -0.1) is 0 Å². The standard InChI is InChI=1S/C15H26ClNO5/c1-15(2)21-12-7-10(9-18)17(8-13(12)22-15)6-4-3-5-11(19)14(16)20/h9-14,19-20H,3-8H2,1-2H3/t10?,11-,12-,13+,14?/m0/s1. The van der Waals surface area contributed by atoms with E-state index in [1.165, 1.54) is 0 Å². The number of nitrogens with zero attached hydrogens (tertiary/aromatic N) is 1. The summed E-state index contributed by atoms with van der Waals surface area (Å²) in [5.74, 6) is -0.584. The molecule has 0 spiro atoms. The van der Waals surface area contributed by atoms with Crippen LogP contribution in [-0.4, -0.2) is 70.2 Å². The molecule has 2 N–H and O–H groups in total. The highest BCUT2D eigenvalue weighted by Crippen LogP contribution is 2.34. The number of aliphatic hydroxyl groups is 2. The van der Waals surface area contributed by atoms with Gasteiger partial charge < -0.3 is 24.5 Å². The maximum atomic E-state index is 11.3. The van der Waals surface area contributed by atoms with Gasteiger partial charge in [-0.05, 0) is 46.1 Å². The van der Waals surface area contributed by atoms with E-state index in [9.17, 15) is 9.90 Å². The fraction of sp³-hybridized carbons (Fsp3) is 0.933. The number of hydrogen-bond acceptors (Lipinski definition) is 6. The van der Waals surface area contributed by atoms with Gasteiger partial charge in [0.2, 0.25) is 0 Å². The van der Waals surface area contributed by atoms with Gasteiger partial charge in [0.15, 0.2) is 11.4 Å². The molecule has 0 bridgehead atoms. The Morgan fingerprint density at radius 3 is 2.64 bits per heavy atom. The number of ether oxygens (including phenoxy) is 2. The second-order valence-corrected chi connectivity index (χ2v) is 7.03. The molecule has 0 aromatic rings. The maximum absolute atomic E-state index is 11.3. The summed E-state index contributed by atoms with van der Waals surface area (Å²) in [5.41, 5.74) is -1.22. The third-order valence-corrected chi connectivity index (χ3v) is 4.60. The average Bonchev–Trinajstić information content (AvgIpc) is 2.74. The molecule has 5 atom stereocenters. The largest absolute Gasteiger partial charge is 0.389 e. The van der Waals surface area contributed by atoms with Gasteiger partial charge in [0, 0.05) is 6.54 Å². The van der Waals surface area contributed by atoms with Gasteiger partial charge in [-0.3, -0.25) is 4.90 Å². The lowest BCUT2D eigenvalue weighted by atomic mass is 9.97. The van der Waals surface area contributed by atoms with Crippen LogP contribution in [0, 0.1) is 0 Å². The van der Waals surface area contributed by atoms with Crippen molar-refractivity contribution < 1.29 is 24.5 Å². The molecular weight excluding hydrogens is 310 g/mol. The van der Waals surface area contributed by atoms with Crippen molar-refractivity contribution in [1.29, 1.82) is 0 Å². The van der Waals surface area contributed by atoms with Crippen molar-refractivity contribution in [1.82, 2.24) is 4.90 Å². The Labute approximate surface area is 136 Å². The minimum Gasteiger partial charge on any atom is -0.389 e. The van der Waals surface area contributed by atoms with Crippen LogP contribution in [0.15, 0.2) is 0 Å². The summed E-state index contributed by atoms with van der Waals surface area (Å²) in [6, 6.07) is -0.151. The lowest BCUT2D eigenvalue weighted by Crippen LogP contribution is -2.52. The zero-order valence-electron chi connectivity index (χ0n) is 13.2. The average molecular weight is 336 g/mol. The summed E-state index contributed by atoms with van der Waals surface area (Å²) in [4.78, 5) is 13.4. The highest BCUT2D eigenvalue weighted by atomic mass is 35.5. The summed E-state index contributed by atoms with van der Waals surface area (Å²) in [6.45, 7) is 5.22. The number of carbonyl (C=O) groups excluding carboxylic acids is 1. The molecule has 128 valence electrons. The molecule has 0 saturated carbocycles. The smallest absolute Gasteiger partial charge is 0.163 e. The van der Waals surface area contributed by atoms with Crippen molar-refractivity contribution in [3.05, 3.63) is 0 Å². The van der Waals surface area contributed by atoms with Crippen LogP contribution in [0.25, 0.3) is 0 Å². The number of hydrogen-bond donors (Lipinski definition) is 2. The van der Waals surface area contributed by atoms with Crippen LogP contribution >= 0.6 is 11.6 Å². The van der Waals surface area contributed by atoms with E-state index < -0.39 is 17.5 Å².